The smallest absolute Gasteiger partial charge is 0.306 e. The number of methoxy groups -OCH3 is 1. The van der Waals surface area contributed by atoms with Crippen LogP contribution in [0, 0.1) is 0 Å². The highest BCUT2D eigenvalue weighted by atomic mass is 32.1. The monoisotopic (exact) mass is 495 g/mol. The van der Waals surface area contributed by atoms with Crippen LogP contribution in [0.25, 0.3) is 21.8 Å². The number of fused-ring (bicyclic) bond motifs is 3. The SMILES string of the molecule is CCOC(=O)CCc1cc2c(cc1OC)CCn1c(C(=O)N(C)C(C)(C)C)nc(-c3cccs3)c1-2. The minimum atomic E-state index is -0.327. The number of aryl methyl sites for hydroxylation is 2. The van der Waals surface area contributed by atoms with Gasteiger partial charge in [0.1, 0.15) is 11.4 Å². The first-order chi connectivity index (χ1) is 16.7. The van der Waals surface area contributed by atoms with Crippen molar-refractivity contribution in [3.8, 4) is 27.6 Å². The van der Waals surface area contributed by atoms with Crippen molar-refractivity contribution in [1.82, 2.24) is 14.5 Å². The number of hydrogen-bond acceptors (Lipinski definition) is 6. The van der Waals surface area contributed by atoms with Crippen LogP contribution in [0.15, 0.2) is 29.6 Å². The maximum atomic E-state index is 13.5. The molecule has 3 heterocycles. The molecule has 0 radical (unpaired) electrons. The molecule has 0 atom stereocenters. The van der Waals surface area contributed by atoms with Crippen LogP contribution < -0.4 is 4.74 Å². The Kier molecular flexibility index (Phi) is 7.03. The van der Waals surface area contributed by atoms with Gasteiger partial charge in [-0.25, -0.2) is 4.98 Å². The first-order valence-corrected chi connectivity index (χ1v) is 12.8. The topological polar surface area (TPSA) is 73.7 Å². The number of thiophene rings is 1. The van der Waals surface area contributed by atoms with Crippen molar-refractivity contribution in [2.24, 2.45) is 0 Å². The summed E-state index contributed by atoms with van der Waals surface area (Å²) in [5.74, 6) is 0.897. The summed E-state index contributed by atoms with van der Waals surface area (Å²) in [7, 11) is 3.47. The zero-order valence-corrected chi connectivity index (χ0v) is 22.1. The Balaban J connectivity index is 1.85. The van der Waals surface area contributed by atoms with E-state index in [1.54, 1.807) is 30.3 Å². The minimum absolute atomic E-state index is 0.0962. The lowest BCUT2D eigenvalue weighted by molar-refractivity contribution is -0.143. The van der Waals surface area contributed by atoms with Crippen molar-refractivity contribution in [1.29, 1.82) is 0 Å². The van der Waals surface area contributed by atoms with Gasteiger partial charge in [-0.2, -0.15) is 0 Å². The molecule has 7 nitrogen and oxygen atoms in total. The Morgan fingerprint density at radius 2 is 2.03 bits per heavy atom. The van der Waals surface area contributed by atoms with Crippen LogP contribution >= 0.6 is 11.3 Å². The van der Waals surface area contributed by atoms with E-state index in [0.717, 1.165) is 45.1 Å². The fourth-order valence-corrected chi connectivity index (χ4v) is 5.04. The van der Waals surface area contributed by atoms with E-state index < -0.39 is 0 Å². The van der Waals surface area contributed by atoms with Crippen molar-refractivity contribution >= 4 is 23.2 Å². The van der Waals surface area contributed by atoms with Crippen molar-refractivity contribution in [2.45, 2.75) is 59.0 Å². The molecule has 0 saturated carbocycles. The molecule has 1 amide bonds. The molecule has 0 aliphatic carbocycles. The fraction of sp³-hybridized carbons (Fsp3) is 0.444. The number of benzene rings is 1. The number of amides is 1. The van der Waals surface area contributed by atoms with Crippen LogP contribution in [0.2, 0.25) is 0 Å². The normalized spacial score (nSPS) is 12.6. The number of hydrogen-bond donors (Lipinski definition) is 0. The Morgan fingerprint density at radius 3 is 2.66 bits per heavy atom. The number of imidazole rings is 1. The Morgan fingerprint density at radius 1 is 1.26 bits per heavy atom. The molecule has 3 aromatic rings. The third kappa shape index (κ3) is 4.85. The first-order valence-electron chi connectivity index (χ1n) is 11.9. The number of ether oxygens (including phenoxy) is 2. The molecule has 35 heavy (non-hydrogen) atoms. The lowest BCUT2D eigenvalue weighted by atomic mass is 9.92. The van der Waals surface area contributed by atoms with Crippen molar-refractivity contribution < 1.29 is 19.1 Å². The number of carbonyl (C=O) groups is 2. The number of nitrogens with zero attached hydrogens (tertiary/aromatic N) is 3. The van der Waals surface area contributed by atoms with Gasteiger partial charge in [0, 0.05) is 31.1 Å². The maximum Gasteiger partial charge on any atom is 0.306 e. The van der Waals surface area contributed by atoms with Gasteiger partial charge in [0.25, 0.3) is 5.91 Å². The van der Waals surface area contributed by atoms with E-state index in [9.17, 15) is 9.59 Å². The molecule has 1 aromatic carbocycles. The second-order valence-electron chi connectivity index (χ2n) is 9.67. The highest BCUT2D eigenvalue weighted by molar-refractivity contribution is 7.13. The molecule has 0 saturated heterocycles. The van der Waals surface area contributed by atoms with E-state index in [0.29, 0.717) is 25.4 Å². The van der Waals surface area contributed by atoms with Crippen LogP contribution in [0.5, 0.6) is 5.75 Å². The van der Waals surface area contributed by atoms with Crippen molar-refractivity contribution in [2.75, 3.05) is 20.8 Å². The second-order valence-corrected chi connectivity index (χ2v) is 10.6. The fourth-order valence-electron chi connectivity index (χ4n) is 4.33. The lowest BCUT2D eigenvalue weighted by Crippen LogP contribution is -2.43. The molecule has 1 aliphatic rings. The average molecular weight is 496 g/mol. The minimum Gasteiger partial charge on any atom is -0.496 e. The molecule has 0 fully saturated rings. The molecule has 0 bridgehead atoms. The van der Waals surface area contributed by atoms with Gasteiger partial charge in [0.2, 0.25) is 0 Å². The standard InChI is InChI=1S/C27H33N3O4S/c1-7-34-22(31)11-10-18-15-19-17(16-20(18)33-6)12-13-30-24(19)23(21-9-8-14-35-21)28-25(30)26(32)29(5)27(2,3)4/h8-9,14-16H,7,10-13H2,1-6H3. The summed E-state index contributed by atoms with van der Waals surface area (Å²) >= 11 is 1.61. The first kappa shape index (κ1) is 25.0. The summed E-state index contributed by atoms with van der Waals surface area (Å²) in [6.45, 7) is 8.88. The Labute approximate surface area is 210 Å². The number of esters is 1. The van der Waals surface area contributed by atoms with Gasteiger partial charge >= 0.3 is 5.97 Å². The van der Waals surface area contributed by atoms with E-state index >= 15 is 0 Å². The second kappa shape index (κ2) is 9.85. The zero-order valence-electron chi connectivity index (χ0n) is 21.3. The van der Waals surface area contributed by atoms with Gasteiger partial charge in [-0.1, -0.05) is 6.07 Å². The number of rotatable bonds is 7. The van der Waals surface area contributed by atoms with Crippen LogP contribution in [-0.4, -0.2) is 52.6 Å². The van der Waals surface area contributed by atoms with Crippen molar-refractivity contribution in [3.05, 3.63) is 46.6 Å². The van der Waals surface area contributed by atoms with Gasteiger partial charge in [-0.05, 0) is 75.2 Å². The molecular formula is C27H33N3O4S. The number of carbonyl (C=O) groups excluding carboxylic acids is 2. The van der Waals surface area contributed by atoms with E-state index in [-0.39, 0.29) is 23.8 Å². The van der Waals surface area contributed by atoms with Gasteiger partial charge < -0.3 is 18.9 Å². The summed E-state index contributed by atoms with van der Waals surface area (Å²) in [4.78, 5) is 33.2. The molecule has 1 aliphatic heterocycles. The highest BCUT2D eigenvalue weighted by Gasteiger charge is 2.33. The van der Waals surface area contributed by atoms with Gasteiger partial charge in [0.15, 0.2) is 5.82 Å². The number of aromatic nitrogens is 2. The Bertz CT molecular complexity index is 1240. The predicted molar refractivity (Wildman–Crippen MR) is 138 cm³/mol. The summed E-state index contributed by atoms with van der Waals surface area (Å²) < 4.78 is 12.9. The maximum absolute atomic E-state index is 13.5. The molecule has 0 N–H and O–H groups in total. The summed E-state index contributed by atoms with van der Waals surface area (Å²) in [5, 5.41) is 2.02. The quantitative estimate of drug-likeness (QED) is 0.421. The van der Waals surface area contributed by atoms with Gasteiger partial charge in [0.05, 0.1) is 24.3 Å². The zero-order chi connectivity index (χ0) is 25.3. The van der Waals surface area contributed by atoms with Crippen LogP contribution in [0.1, 0.15) is 55.9 Å². The highest BCUT2D eigenvalue weighted by Crippen LogP contribution is 2.42. The summed E-state index contributed by atoms with van der Waals surface area (Å²) in [6, 6.07) is 8.19. The third-order valence-electron chi connectivity index (χ3n) is 6.49. The van der Waals surface area contributed by atoms with Gasteiger partial charge in [-0.3, -0.25) is 9.59 Å². The largest absolute Gasteiger partial charge is 0.496 e. The van der Waals surface area contributed by atoms with Crippen LogP contribution in [0.3, 0.4) is 0 Å². The molecule has 2 aromatic heterocycles. The molecule has 8 heteroatoms. The summed E-state index contributed by atoms with van der Waals surface area (Å²) in [5.41, 5.74) is 4.55. The van der Waals surface area contributed by atoms with Crippen LogP contribution in [-0.2, 0) is 28.9 Å². The summed E-state index contributed by atoms with van der Waals surface area (Å²) in [6.07, 6.45) is 1.55. The molecule has 0 spiro atoms. The molecule has 0 unspecified atom stereocenters. The predicted octanol–water partition coefficient (Wildman–Crippen LogP) is 5.21. The van der Waals surface area contributed by atoms with E-state index in [1.807, 2.05) is 45.3 Å². The molecule has 186 valence electrons. The van der Waals surface area contributed by atoms with E-state index in [4.69, 9.17) is 14.5 Å². The van der Waals surface area contributed by atoms with E-state index in [1.165, 1.54) is 0 Å². The Hall–Kier alpha value is -3.13. The van der Waals surface area contributed by atoms with Gasteiger partial charge in [-0.15, -0.1) is 11.3 Å². The molecular weight excluding hydrogens is 462 g/mol. The lowest BCUT2D eigenvalue weighted by Gasteiger charge is -2.32. The van der Waals surface area contributed by atoms with Crippen LogP contribution in [0.4, 0.5) is 0 Å². The third-order valence-corrected chi connectivity index (χ3v) is 7.37. The van der Waals surface area contributed by atoms with E-state index in [2.05, 4.69) is 16.7 Å². The van der Waals surface area contributed by atoms with Crippen molar-refractivity contribution in [3.63, 3.8) is 0 Å². The average Bonchev–Trinajstić information content (AvgIpc) is 3.48. The molecule has 4 rings (SSSR count).